The molecular formula is C23H20ClN7O5. The highest BCUT2D eigenvalue weighted by molar-refractivity contribution is 6.30. The van der Waals surface area contributed by atoms with Gasteiger partial charge in [0.2, 0.25) is 11.8 Å². The van der Waals surface area contributed by atoms with Gasteiger partial charge in [-0.15, -0.1) is 0 Å². The number of carbonyl (C=O) groups is 1. The maximum absolute atomic E-state index is 13.0. The zero-order chi connectivity index (χ0) is 25.7. The van der Waals surface area contributed by atoms with Gasteiger partial charge in [0.25, 0.3) is 5.91 Å². The minimum absolute atomic E-state index is 0.0165. The minimum Gasteiger partial charge on any atom is -0.437 e. The molecule has 0 unspecified atom stereocenters. The fraction of sp³-hybridized carbons (Fsp3) is 0.130. The van der Waals surface area contributed by atoms with Crippen molar-refractivity contribution < 1.29 is 14.6 Å². The van der Waals surface area contributed by atoms with Crippen LogP contribution in [0.4, 0.5) is 11.6 Å². The van der Waals surface area contributed by atoms with Gasteiger partial charge in [0.15, 0.2) is 0 Å². The number of primary amides is 1. The molecular weight excluding hydrogens is 490 g/mol. The summed E-state index contributed by atoms with van der Waals surface area (Å²) in [6.07, 6.45) is 2.56. The predicted molar refractivity (Wildman–Crippen MR) is 131 cm³/mol. The third kappa shape index (κ3) is 5.74. The van der Waals surface area contributed by atoms with E-state index in [0.29, 0.717) is 16.5 Å². The highest BCUT2D eigenvalue weighted by Gasteiger charge is 2.14. The van der Waals surface area contributed by atoms with Crippen LogP contribution in [0.1, 0.15) is 16.1 Å². The van der Waals surface area contributed by atoms with Crippen LogP contribution in [0.15, 0.2) is 70.5 Å². The largest absolute Gasteiger partial charge is 0.437 e. The van der Waals surface area contributed by atoms with Crippen LogP contribution < -0.4 is 27.2 Å². The van der Waals surface area contributed by atoms with E-state index >= 15 is 0 Å². The number of halogens is 1. The van der Waals surface area contributed by atoms with E-state index < -0.39 is 23.9 Å². The molecule has 0 spiro atoms. The number of benzene rings is 2. The number of aromatic nitrogens is 5. The molecule has 2 aromatic heterocycles. The monoisotopic (exact) mass is 509 g/mol. The SMILES string of the molecule is NC(=O)c1cncc(Oc2ccc(Nc3nc(=O)n(CCO)c(=O)n3Cc3ccc(Cl)cc3)cc2)n1. The summed E-state index contributed by atoms with van der Waals surface area (Å²) >= 11 is 5.95. The molecule has 0 saturated heterocycles. The van der Waals surface area contributed by atoms with Crippen LogP contribution in [-0.4, -0.2) is 41.7 Å². The zero-order valence-corrected chi connectivity index (χ0v) is 19.4. The molecule has 4 rings (SSSR count). The second-order valence-electron chi connectivity index (χ2n) is 7.45. The molecule has 0 aliphatic carbocycles. The van der Waals surface area contributed by atoms with Crippen LogP contribution in [0.25, 0.3) is 0 Å². The molecule has 36 heavy (non-hydrogen) atoms. The molecule has 13 heteroatoms. The number of carbonyl (C=O) groups excluding carboxylic acids is 1. The van der Waals surface area contributed by atoms with Gasteiger partial charge in [0.05, 0.1) is 32.1 Å². The van der Waals surface area contributed by atoms with Crippen LogP contribution in [0, 0.1) is 0 Å². The summed E-state index contributed by atoms with van der Waals surface area (Å²) in [6, 6.07) is 13.4. The number of hydrogen-bond donors (Lipinski definition) is 3. The van der Waals surface area contributed by atoms with E-state index in [4.69, 9.17) is 22.1 Å². The average Bonchev–Trinajstić information content (AvgIpc) is 2.86. The summed E-state index contributed by atoms with van der Waals surface area (Å²) in [5.74, 6) is -0.243. The van der Waals surface area contributed by atoms with Gasteiger partial charge in [-0.3, -0.25) is 14.3 Å². The number of ether oxygens (including phenoxy) is 1. The van der Waals surface area contributed by atoms with Gasteiger partial charge in [0, 0.05) is 10.7 Å². The van der Waals surface area contributed by atoms with Gasteiger partial charge in [-0.2, -0.15) is 4.98 Å². The smallest absolute Gasteiger partial charge is 0.355 e. The number of amides is 1. The van der Waals surface area contributed by atoms with Crippen molar-refractivity contribution >= 4 is 29.1 Å². The third-order valence-electron chi connectivity index (χ3n) is 4.93. The highest BCUT2D eigenvalue weighted by atomic mass is 35.5. The van der Waals surface area contributed by atoms with Crippen LogP contribution in [0.5, 0.6) is 11.6 Å². The molecule has 12 nitrogen and oxygen atoms in total. The van der Waals surface area contributed by atoms with Crippen LogP contribution in [-0.2, 0) is 13.1 Å². The molecule has 0 radical (unpaired) electrons. The van der Waals surface area contributed by atoms with Gasteiger partial charge < -0.3 is 20.9 Å². The van der Waals surface area contributed by atoms with Gasteiger partial charge in [-0.05, 0) is 42.0 Å². The first-order valence-electron chi connectivity index (χ1n) is 10.6. The number of aliphatic hydroxyl groups is 1. The molecule has 4 aromatic rings. The van der Waals surface area contributed by atoms with Gasteiger partial charge in [0.1, 0.15) is 11.4 Å². The van der Waals surface area contributed by atoms with Crippen molar-refractivity contribution in [1.29, 1.82) is 0 Å². The van der Waals surface area contributed by atoms with Gasteiger partial charge >= 0.3 is 11.4 Å². The summed E-state index contributed by atoms with van der Waals surface area (Å²) in [7, 11) is 0. The summed E-state index contributed by atoms with van der Waals surface area (Å²) < 4.78 is 7.75. The Labute approximate surface area is 208 Å². The average molecular weight is 510 g/mol. The second kappa shape index (κ2) is 10.8. The Balaban J connectivity index is 1.61. The molecule has 0 fully saturated rings. The standard InChI is InChI=1S/C23H20ClN7O5/c24-15-3-1-14(2-4-15)13-31-21(29-22(34)30(9-10-32)23(31)35)27-16-5-7-17(8-6-16)36-19-12-26-11-18(28-19)20(25)33/h1-8,11-12,32H,9-10,13H2,(H2,25,33)(H,27,29,34). The van der Waals surface area contributed by atoms with Crippen molar-refractivity contribution in [3.8, 4) is 11.6 Å². The van der Waals surface area contributed by atoms with E-state index in [9.17, 15) is 19.5 Å². The maximum Gasteiger partial charge on any atom is 0.355 e. The van der Waals surface area contributed by atoms with E-state index in [2.05, 4.69) is 20.3 Å². The Bertz CT molecular complexity index is 1500. The lowest BCUT2D eigenvalue weighted by atomic mass is 10.2. The van der Waals surface area contributed by atoms with Crippen LogP contribution in [0.2, 0.25) is 5.02 Å². The lowest BCUT2D eigenvalue weighted by Crippen LogP contribution is -2.43. The van der Waals surface area contributed by atoms with Gasteiger partial charge in [-0.1, -0.05) is 23.7 Å². The molecule has 0 atom stereocenters. The van der Waals surface area contributed by atoms with Crippen molar-refractivity contribution in [2.45, 2.75) is 13.1 Å². The summed E-state index contributed by atoms with van der Waals surface area (Å²) in [5.41, 5.74) is 5.01. The fourth-order valence-electron chi connectivity index (χ4n) is 3.20. The molecule has 1 amide bonds. The number of nitrogens with one attached hydrogen (secondary N) is 1. The second-order valence-corrected chi connectivity index (χ2v) is 7.88. The first-order valence-corrected chi connectivity index (χ1v) is 11.0. The molecule has 4 N–H and O–H groups in total. The first-order chi connectivity index (χ1) is 17.3. The van der Waals surface area contributed by atoms with Crippen molar-refractivity contribution in [2.24, 2.45) is 5.73 Å². The molecule has 0 bridgehead atoms. The minimum atomic E-state index is -0.795. The van der Waals surface area contributed by atoms with E-state index in [-0.39, 0.29) is 30.6 Å². The lowest BCUT2D eigenvalue weighted by molar-refractivity contribution is 0.0994. The fourth-order valence-corrected chi connectivity index (χ4v) is 3.33. The predicted octanol–water partition coefficient (Wildman–Crippen LogP) is 1.52. The molecule has 0 saturated carbocycles. The first kappa shape index (κ1) is 24.6. The Morgan fingerprint density at radius 2 is 1.75 bits per heavy atom. The van der Waals surface area contributed by atoms with E-state index in [1.54, 1.807) is 48.5 Å². The summed E-state index contributed by atoms with van der Waals surface area (Å²) in [6.45, 7) is -0.469. The van der Waals surface area contributed by atoms with E-state index in [1.165, 1.54) is 17.0 Å². The maximum atomic E-state index is 13.0. The number of anilines is 2. The normalized spacial score (nSPS) is 10.7. The topological polar surface area (TPSA) is 167 Å². The van der Waals surface area contributed by atoms with E-state index in [1.807, 2.05) is 0 Å². The summed E-state index contributed by atoms with van der Waals surface area (Å²) in [4.78, 5) is 48.6. The van der Waals surface area contributed by atoms with E-state index in [0.717, 1.165) is 10.1 Å². The van der Waals surface area contributed by atoms with Crippen LogP contribution >= 0.6 is 11.6 Å². The summed E-state index contributed by atoms with van der Waals surface area (Å²) in [5, 5.41) is 12.8. The Hall–Kier alpha value is -4.55. The van der Waals surface area contributed by atoms with Crippen LogP contribution in [0.3, 0.4) is 0 Å². The molecule has 0 aliphatic heterocycles. The van der Waals surface area contributed by atoms with Crippen molar-refractivity contribution in [3.05, 3.63) is 98.2 Å². The third-order valence-corrected chi connectivity index (χ3v) is 5.18. The number of nitrogens with two attached hydrogens (primary N) is 1. The number of aliphatic hydroxyl groups excluding tert-OH is 1. The molecule has 2 heterocycles. The number of rotatable bonds is 9. The Morgan fingerprint density at radius 3 is 2.42 bits per heavy atom. The molecule has 0 aliphatic rings. The number of nitrogens with zero attached hydrogens (tertiary/aromatic N) is 5. The Kier molecular flexibility index (Phi) is 7.37. The highest BCUT2D eigenvalue weighted by Crippen LogP contribution is 2.23. The van der Waals surface area contributed by atoms with Crippen molar-refractivity contribution in [3.63, 3.8) is 0 Å². The molecule has 184 valence electrons. The van der Waals surface area contributed by atoms with Crippen molar-refractivity contribution in [2.75, 3.05) is 11.9 Å². The zero-order valence-electron chi connectivity index (χ0n) is 18.7. The Morgan fingerprint density at radius 1 is 1.03 bits per heavy atom. The van der Waals surface area contributed by atoms with Crippen molar-refractivity contribution in [1.82, 2.24) is 24.1 Å². The lowest BCUT2D eigenvalue weighted by Gasteiger charge is -2.15. The van der Waals surface area contributed by atoms with Gasteiger partial charge in [-0.25, -0.2) is 19.1 Å². The quantitative estimate of drug-likeness (QED) is 0.303. The molecule has 2 aromatic carbocycles. The number of hydrogen-bond acceptors (Lipinski definition) is 9.